The predicted molar refractivity (Wildman–Crippen MR) is 138 cm³/mol. The number of benzene rings is 2. The van der Waals surface area contributed by atoms with E-state index in [1.54, 1.807) is 50.4 Å². The van der Waals surface area contributed by atoms with E-state index in [1.807, 2.05) is 11.9 Å². The summed E-state index contributed by atoms with van der Waals surface area (Å²) in [5.74, 6) is 3.06. The molecule has 0 spiro atoms. The number of methoxy groups -OCH3 is 5. The Morgan fingerprint density at radius 1 is 0.806 bits per heavy atom. The normalized spacial score (nSPS) is 10.6. The van der Waals surface area contributed by atoms with Gasteiger partial charge in [-0.2, -0.15) is 4.98 Å². The molecule has 1 amide bonds. The van der Waals surface area contributed by atoms with Crippen LogP contribution in [0.15, 0.2) is 24.3 Å². The number of amides is 1. The summed E-state index contributed by atoms with van der Waals surface area (Å²) in [7, 11) is 11.3. The number of carbonyl (C=O) groups excluding carboxylic acids is 1. The highest BCUT2D eigenvalue weighted by molar-refractivity contribution is 5.95. The minimum absolute atomic E-state index is 0.163. The van der Waals surface area contributed by atoms with Crippen LogP contribution in [0.4, 0.5) is 11.8 Å². The molecule has 36 heavy (non-hydrogen) atoms. The van der Waals surface area contributed by atoms with E-state index in [1.165, 1.54) is 21.3 Å². The number of rotatable bonds is 11. The summed E-state index contributed by atoms with van der Waals surface area (Å²) in [5, 5.41) is 0.681. The molecule has 0 fully saturated rings. The van der Waals surface area contributed by atoms with E-state index in [4.69, 9.17) is 29.4 Å². The highest BCUT2D eigenvalue weighted by Crippen LogP contribution is 2.38. The number of hydrogen-bond acceptors (Lipinski definition) is 10. The van der Waals surface area contributed by atoms with Crippen LogP contribution in [-0.2, 0) is 0 Å². The van der Waals surface area contributed by atoms with Gasteiger partial charge in [-0.25, -0.2) is 4.98 Å². The minimum atomic E-state index is -0.163. The molecule has 0 aliphatic carbocycles. The Morgan fingerprint density at radius 2 is 1.39 bits per heavy atom. The van der Waals surface area contributed by atoms with Crippen molar-refractivity contribution in [1.29, 1.82) is 0 Å². The monoisotopic (exact) mass is 499 g/mol. The number of nitrogens with zero attached hydrogens (tertiary/aromatic N) is 4. The van der Waals surface area contributed by atoms with Crippen molar-refractivity contribution >= 4 is 28.6 Å². The Morgan fingerprint density at radius 3 is 1.94 bits per heavy atom. The summed E-state index contributed by atoms with van der Waals surface area (Å²) in [6.07, 6.45) is 0.677. The van der Waals surface area contributed by atoms with Gasteiger partial charge in [0.15, 0.2) is 23.0 Å². The SMILES string of the molecule is COc1cc2nc(N(C)CCCN(C)C(=O)c3cc(OC)c(OC)c(OC)c3)nc(N)c2cc1OC. The quantitative estimate of drug-likeness (QED) is 0.421. The molecule has 0 atom stereocenters. The molecule has 1 aromatic heterocycles. The largest absolute Gasteiger partial charge is 0.493 e. The van der Waals surface area contributed by atoms with Crippen molar-refractivity contribution in [3.8, 4) is 28.7 Å². The van der Waals surface area contributed by atoms with Gasteiger partial charge < -0.3 is 39.2 Å². The first-order chi connectivity index (χ1) is 17.3. The number of hydrogen-bond donors (Lipinski definition) is 1. The summed E-state index contributed by atoms with van der Waals surface area (Å²) in [4.78, 5) is 25.6. The molecule has 0 aliphatic rings. The standard InChI is InChI=1S/C25H33N5O6/c1-29(24(31)15-11-20(34-5)22(36-7)21(12-15)35-6)9-8-10-30(2)25-27-17-14-19(33-4)18(32-3)13-16(17)23(26)28-25/h11-14H,8-10H2,1-7H3,(H2,26,27,28). The third-order valence-corrected chi connectivity index (χ3v) is 5.81. The number of nitrogen functional groups attached to an aromatic ring is 1. The minimum Gasteiger partial charge on any atom is -0.493 e. The summed E-state index contributed by atoms with van der Waals surface area (Å²) in [6, 6.07) is 6.81. The van der Waals surface area contributed by atoms with Crippen molar-refractivity contribution in [3.05, 3.63) is 29.8 Å². The van der Waals surface area contributed by atoms with Crippen LogP contribution in [0.1, 0.15) is 16.8 Å². The average Bonchev–Trinajstić information content (AvgIpc) is 2.90. The van der Waals surface area contributed by atoms with Gasteiger partial charge in [0, 0.05) is 44.2 Å². The fourth-order valence-corrected chi connectivity index (χ4v) is 3.81. The number of fused-ring (bicyclic) bond motifs is 1. The molecule has 0 saturated carbocycles. The number of carbonyl (C=O) groups is 1. The van der Waals surface area contributed by atoms with Crippen LogP contribution in [-0.4, -0.2) is 83.5 Å². The van der Waals surface area contributed by atoms with Crippen LogP contribution in [0.2, 0.25) is 0 Å². The Labute approximate surface area is 210 Å². The molecule has 11 heteroatoms. The molecule has 194 valence electrons. The topological polar surface area (TPSA) is 122 Å². The summed E-state index contributed by atoms with van der Waals surface area (Å²) < 4.78 is 26.8. The fourth-order valence-electron chi connectivity index (χ4n) is 3.81. The van der Waals surface area contributed by atoms with Crippen LogP contribution in [0, 0.1) is 0 Å². The van der Waals surface area contributed by atoms with Gasteiger partial charge in [0.25, 0.3) is 5.91 Å². The average molecular weight is 500 g/mol. The Kier molecular flexibility index (Phi) is 8.46. The Bertz CT molecular complexity index is 1210. The zero-order valence-corrected chi connectivity index (χ0v) is 21.7. The molecular formula is C25H33N5O6. The van der Waals surface area contributed by atoms with E-state index >= 15 is 0 Å². The number of ether oxygens (including phenoxy) is 5. The first kappa shape index (κ1) is 26.5. The maximum Gasteiger partial charge on any atom is 0.253 e. The molecule has 0 unspecified atom stereocenters. The highest BCUT2D eigenvalue weighted by atomic mass is 16.5. The fraction of sp³-hybridized carbons (Fsp3) is 0.400. The first-order valence-electron chi connectivity index (χ1n) is 11.2. The lowest BCUT2D eigenvalue weighted by atomic mass is 10.1. The molecular weight excluding hydrogens is 466 g/mol. The van der Waals surface area contributed by atoms with E-state index in [0.29, 0.717) is 76.5 Å². The molecule has 2 N–H and O–H groups in total. The van der Waals surface area contributed by atoms with Gasteiger partial charge in [-0.15, -0.1) is 0 Å². The second kappa shape index (κ2) is 11.5. The van der Waals surface area contributed by atoms with Crippen LogP contribution in [0.5, 0.6) is 28.7 Å². The molecule has 0 saturated heterocycles. The maximum atomic E-state index is 13.0. The van der Waals surface area contributed by atoms with Gasteiger partial charge >= 0.3 is 0 Å². The smallest absolute Gasteiger partial charge is 0.253 e. The van der Waals surface area contributed by atoms with Gasteiger partial charge in [0.05, 0.1) is 41.1 Å². The lowest BCUT2D eigenvalue weighted by Gasteiger charge is -2.22. The van der Waals surface area contributed by atoms with E-state index in [-0.39, 0.29) is 5.91 Å². The van der Waals surface area contributed by atoms with Crippen LogP contribution < -0.4 is 34.3 Å². The summed E-state index contributed by atoms with van der Waals surface area (Å²) >= 11 is 0. The highest BCUT2D eigenvalue weighted by Gasteiger charge is 2.20. The zero-order chi connectivity index (χ0) is 26.4. The molecule has 3 rings (SSSR count). The summed E-state index contributed by atoms with van der Waals surface area (Å²) in [6.45, 7) is 1.11. The second-order valence-corrected chi connectivity index (χ2v) is 8.05. The molecule has 3 aromatic rings. The Balaban J connectivity index is 1.69. The van der Waals surface area contributed by atoms with Crippen LogP contribution >= 0.6 is 0 Å². The van der Waals surface area contributed by atoms with E-state index in [0.717, 1.165) is 0 Å². The molecule has 11 nitrogen and oxygen atoms in total. The Hall–Kier alpha value is -4.15. The number of aromatic nitrogens is 2. The third kappa shape index (κ3) is 5.40. The van der Waals surface area contributed by atoms with Crippen molar-refractivity contribution in [2.45, 2.75) is 6.42 Å². The van der Waals surface area contributed by atoms with Gasteiger partial charge in [-0.1, -0.05) is 0 Å². The van der Waals surface area contributed by atoms with Crippen molar-refractivity contribution in [1.82, 2.24) is 14.9 Å². The molecule has 1 heterocycles. The predicted octanol–water partition coefficient (Wildman–Crippen LogP) is 2.85. The number of nitrogens with two attached hydrogens (primary N) is 1. The lowest BCUT2D eigenvalue weighted by Crippen LogP contribution is -2.31. The van der Waals surface area contributed by atoms with Crippen LogP contribution in [0.3, 0.4) is 0 Å². The van der Waals surface area contributed by atoms with Crippen molar-refractivity contribution in [3.63, 3.8) is 0 Å². The second-order valence-electron chi connectivity index (χ2n) is 8.05. The van der Waals surface area contributed by atoms with Gasteiger partial charge in [-0.05, 0) is 24.6 Å². The van der Waals surface area contributed by atoms with E-state index < -0.39 is 0 Å². The van der Waals surface area contributed by atoms with Crippen molar-refractivity contribution in [2.75, 3.05) is 73.4 Å². The molecule has 0 radical (unpaired) electrons. The van der Waals surface area contributed by atoms with Crippen molar-refractivity contribution < 1.29 is 28.5 Å². The number of anilines is 2. The summed E-state index contributed by atoms with van der Waals surface area (Å²) in [5.41, 5.74) is 7.29. The van der Waals surface area contributed by atoms with Gasteiger partial charge in [-0.3, -0.25) is 4.79 Å². The van der Waals surface area contributed by atoms with E-state index in [2.05, 4.69) is 9.97 Å². The molecule has 0 bridgehead atoms. The van der Waals surface area contributed by atoms with E-state index in [9.17, 15) is 4.79 Å². The molecule has 2 aromatic carbocycles. The third-order valence-electron chi connectivity index (χ3n) is 5.81. The van der Waals surface area contributed by atoms with Gasteiger partial charge in [0.1, 0.15) is 5.82 Å². The zero-order valence-electron chi connectivity index (χ0n) is 21.7. The van der Waals surface area contributed by atoms with Gasteiger partial charge in [0.2, 0.25) is 11.7 Å². The maximum absolute atomic E-state index is 13.0. The van der Waals surface area contributed by atoms with Crippen LogP contribution in [0.25, 0.3) is 10.9 Å². The molecule has 0 aliphatic heterocycles. The van der Waals surface area contributed by atoms with Crippen molar-refractivity contribution in [2.24, 2.45) is 0 Å². The lowest BCUT2D eigenvalue weighted by molar-refractivity contribution is 0.0793. The first-order valence-corrected chi connectivity index (χ1v) is 11.2.